The Morgan fingerprint density at radius 2 is 2.27 bits per heavy atom. The van der Waals surface area contributed by atoms with Crippen molar-refractivity contribution in [2.45, 2.75) is 25.2 Å². The van der Waals surface area contributed by atoms with Crippen LogP contribution in [0.4, 0.5) is 5.69 Å². The van der Waals surface area contributed by atoms with Crippen LogP contribution in [-0.4, -0.2) is 26.2 Å². The predicted molar refractivity (Wildman–Crippen MR) is 48.8 cm³/mol. The summed E-state index contributed by atoms with van der Waals surface area (Å²) in [7, 11) is 0. The SMILES string of the molecule is O=C(O)c1n[nH]c(C2CCC2)c1[N+](=O)[O-]. The Hall–Kier alpha value is -1.92. The van der Waals surface area contributed by atoms with Crippen LogP contribution in [0.3, 0.4) is 0 Å². The lowest BCUT2D eigenvalue weighted by atomic mass is 9.82. The Morgan fingerprint density at radius 1 is 1.60 bits per heavy atom. The van der Waals surface area contributed by atoms with Gasteiger partial charge in [-0.2, -0.15) is 5.10 Å². The molecule has 0 aromatic carbocycles. The van der Waals surface area contributed by atoms with Gasteiger partial charge in [-0.25, -0.2) is 4.79 Å². The number of aromatic nitrogens is 2. The zero-order chi connectivity index (χ0) is 11.0. The van der Waals surface area contributed by atoms with Crippen LogP contribution in [0.15, 0.2) is 0 Å². The van der Waals surface area contributed by atoms with E-state index in [0.717, 1.165) is 19.3 Å². The van der Waals surface area contributed by atoms with Gasteiger partial charge in [-0.3, -0.25) is 15.2 Å². The van der Waals surface area contributed by atoms with Gasteiger partial charge in [-0.15, -0.1) is 0 Å². The van der Waals surface area contributed by atoms with E-state index in [1.54, 1.807) is 0 Å². The average molecular weight is 211 g/mol. The van der Waals surface area contributed by atoms with Crippen LogP contribution in [-0.2, 0) is 0 Å². The number of rotatable bonds is 3. The van der Waals surface area contributed by atoms with Crippen molar-refractivity contribution in [3.63, 3.8) is 0 Å². The van der Waals surface area contributed by atoms with Gasteiger partial charge in [0, 0.05) is 5.92 Å². The fourth-order valence-corrected chi connectivity index (χ4v) is 1.67. The number of nitrogens with zero attached hydrogens (tertiary/aromatic N) is 2. The zero-order valence-corrected chi connectivity index (χ0v) is 7.77. The summed E-state index contributed by atoms with van der Waals surface area (Å²) in [5, 5.41) is 25.4. The molecule has 1 aromatic heterocycles. The maximum atomic E-state index is 10.7. The fourth-order valence-electron chi connectivity index (χ4n) is 1.67. The summed E-state index contributed by atoms with van der Waals surface area (Å²) in [4.78, 5) is 20.7. The molecule has 0 amide bonds. The highest BCUT2D eigenvalue weighted by atomic mass is 16.6. The number of aromatic amines is 1. The van der Waals surface area contributed by atoms with Gasteiger partial charge >= 0.3 is 11.7 Å². The fraction of sp³-hybridized carbons (Fsp3) is 0.500. The molecule has 0 aliphatic heterocycles. The zero-order valence-electron chi connectivity index (χ0n) is 7.77. The number of carboxylic acids is 1. The number of nitro groups is 1. The highest BCUT2D eigenvalue weighted by molar-refractivity contribution is 5.90. The molecule has 1 fully saturated rings. The van der Waals surface area contributed by atoms with Crippen molar-refractivity contribution in [1.82, 2.24) is 10.2 Å². The van der Waals surface area contributed by atoms with Gasteiger partial charge in [0.2, 0.25) is 5.69 Å². The molecule has 1 aromatic rings. The molecule has 0 atom stereocenters. The first-order valence-electron chi connectivity index (χ1n) is 4.57. The van der Waals surface area contributed by atoms with E-state index in [4.69, 9.17) is 5.11 Å². The molecule has 2 N–H and O–H groups in total. The number of carbonyl (C=O) groups is 1. The Kier molecular flexibility index (Phi) is 2.14. The molecular formula is C8H9N3O4. The quantitative estimate of drug-likeness (QED) is 0.578. The number of hydrogen-bond donors (Lipinski definition) is 2. The van der Waals surface area contributed by atoms with Gasteiger partial charge in [0.1, 0.15) is 5.69 Å². The van der Waals surface area contributed by atoms with Crippen LogP contribution in [0.1, 0.15) is 41.4 Å². The van der Waals surface area contributed by atoms with Crippen LogP contribution in [0.5, 0.6) is 0 Å². The Bertz CT molecular complexity index is 422. The van der Waals surface area contributed by atoms with E-state index in [9.17, 15) is 14.9 Å². The molecule has 0 unspecified atom stereocenters. The summed E-state index contributed by atoms with van der Waals surface area (Å²) in [5.41, 5.74) is -0.530. The van der Waals surface area contributed by atoms with Crippen molar-refractivity contribution in [1.29, 1.82) is 0 Å². The molecule has 0 saturated heterocycles. The minimum atomic E-state index is -1.37. The molecule has 1 aliphatic rings. The third-order valence-electron chi connectivity index (χ3n) is 2.67. The number of aromatic carboxylic acids is 1. The van der Waals surface area contributed by atoms with Crippen LogP contribution in [0.25, 0.3) is 0 Å². The average Bonchev–Trinajstić information content (AvgIpc) is 2.45. The minimum absolute atomic E-state index is 0.0611. The molecule has 15 heavy (non-hydrogen) atoms. The monoisotopic (exact) mass is 211 g/mol. The standard InChI is InChI=1S/C8H9N3O4/c12-8(13)6-7(11(14)15)5(9-10-6)4-2-1-3-4/h4H,1-3H2,(H,9,10)(H,12,13). The van der Waals surface area contributed by atoms with Crippen molar-refractivity contribution in [3.8, 4) is 0 Å². The van der Waals surface area contributed by atoms with Crippen LogP contribution in [0.2, 0.25) is 0 Å². The van der Waals surface area contributed by atoms with E-state index in [1.165, 1.54) is 0 Å². The molecule has 1 saturated carbocycles. The van der Waals surface area contributed by atoms with Gasteiger partial charge in [0.25, 0.3) is 0 Å². The first kappa shape index (κ1) is 9.63. The largest absolute Gasteiger partial charge is 0.476 e. The summed E-state index contributed by atoms with van der Waals surface area (Å²) in [6, 6.07) is 0. The number of carboxylic acid groups (broad SMARTS) is 1. The number of nitrogens with one attached hydrogen (secondary N) is 1. The van der Waals surface area contributed by atoms with Gasteiger partial charge in [-0.05, 0) is 12.8 Å². The lowest BCUT2D eigenvalue weighted by Crippen LogP contribution is -2.11. The molecule has 80 valence electrons. The van der Waals surface area contributed by atoms with E-state index in [1.807, 2.05) is 0 Å². The third-order valence-corrected chi connectivity index (χ3v) is 2.67. The van der Waals surface area contributed by atoms with E-state index < -0.39 is 16.6 Å². The molecule has 1 aliphatic carbocycles. The highest BCUT2D eigenvalue weighted by Crippen LogP contribution is 2.40. The molecule has 7 heteroatoms. The topological polar surface area (TPSA) is 109 Å². The van der Waals surface area contributed by atoms with Crippen LogP contribution >= 0.6 is 0 Å². The molecule has 1 heterocycles. The maximum absolute atomic E-state index is 10.7. The molecule has 0 spiro atoms. The van der Waals surface area contributed by atoms with E-state index in [2.05, 4.69) is 10.2 Å². The second kappa shape index (κ2) is 3.34. The normalized spacial score (nSPS) is 16.0. The summed E-state index contributed by atoms with van der Waals surface area (Å²) in [6.07, 6.45) is 2.72. The lowest BCUT2D eigenvalue weighted by Gasteiger charge is -2.22. The summed E-state index contributed by atoms with van der Waals surface area (Å²) >= 11 is 0. The Labute approximate surface area is 84.3 Å². The van der Waals surface area contributed by atoms with Gasteiger partial charge < -0.3 is 5.11 Å². The van der Waals surface area contributed by atoms with Crippen molar-refractivity contribution in [3.05, 3.63) is 21.5 Å². The first-order valence-corrected chi connectivity index (χ1v) is 4.57. The van der Waals surface area contributed by atoms with Gasteiger partial charge in [0.15, 0.2) is 0 Å². The van der Waals surface area contributed by atoms with Crippen molar-refractivity contribution < 1.29 is 14.8 Å². The molecule has 7 nitrogen and oxygen atoms in total. The van der Waals surface area contributed by atoms with E-state index in [-0.39, 0.29) is 11.6 Å². The van der Waals surface area contributed by atoms with Crippen molar-refractivity contribution in [2.75, 3.05) is 0 Å². The summed E-state index contributed by atoms with van der Waals surface area (Å²) < 4.78 is 0. The van der Waals surface area contributed by atoms with Gasteiger partial charge in [-0.1, -0.05) is 6.42 Å². The molecule has 0 bridgehead atoms. The van der Waals surface area contributed by atoms with Crippen molar-refractivity contribution >= 4 is 11.7 Å². The van der Waals surface area contributed by atoms with Crippen molar-refractivity contribution in [2.24, 2.45) is 0 Å². The second-order valence-electron chi connectivity index (χ2n) is 3.52. The van der Waals surface area contributed by atoms with E-state index >= 15 is 0 Å². The highest BCUT2D eigenvalue weighted by Gasteiger charge is 2.35. The van der Waals surface area contributed by atoms with E-state index in [0.29, 0.717) is 5.69 Å². The molecule has 0 radical (unpaired) electrons. The Morgan fingerprint density at radius 3 is 2.67 bits per heavy atom. The molecular weight excluding hydrogens is 202 g/mol. The smallest absolute Gasteiger partial charge is 0.363 e. The maximum Gasteiger partial charge on any atom is 0.363 e. The number of H-pyrrole nitrogens is 1. The minimum Gasteiger partial charge on any atom is -0.476 e. The van der Waals surface area contributed by atoms with Gasteiger partial charge in [0.05, 0.1) is 4.92 Å². The van der Waals surface area contributed by atoms with Crippen LogP contribution in [0, 0.1) is 10.1 Å². The number of hydrogen-bond acceptors (Lipinski definition) is 4. The van der Waals surface area contributed by atoms with Crippen LogP contribution < -0.4 is 0 Å². The third kappa shape index (κ3) is 1.45. The first-order chi connectivity index (χ1) is 7.11. The summed E-state index contributed by atoms with van der Waals surface area (Å²) in [5.74, 6) is -1.31. The second-order valence-corrected chi connectivity index (χ2v) is 3.52. The lowest BCUT2D eigenvalue weighted by molar-refractivity contribution is -0.386. The summed E-state index contributed by atoms with van der Waals surface area (Å²) in [6.45, 7) is 0. The molecule has 2 rings (SSSR count). The Balaban J connectivity index is 2.46. The predicted octanol–water partition coefficient (Wildman–Crippen LogP) is 1.28.